The van der Waals surface area contributed by atoms with Crippen LogP contribution in [0.25, 0.3) is 0 Å². The molecule has 0 aromatic heterocycles. The molecule has 1 fully saturated rings. The van der Waals surface area contributed by atoms with Crippen LogP contribution in [0.1, 0.15) is 52.9 Å². The summed E-state index contributed by atoms with van der Waals surface area (Å²) in [6.07, 6.45) is 11.7. The van der Waals surface area contributed by atoms with Crippen molar-refractivity contribution in [2.75, 3.05) is 6.61 Å². The van der Waals surface area contributed by atoms with Gasteiger partial charge in [-0.05, 0) is 45.4 Å². The first-order chi connectivity index (χ1) is 8.71. The van der Waals surface area contributed by atoms with Crippen molar-refractivity contribution in [3.8, 4) is 0 Å². The third-order valence-electron chi connectivity index (χ3n) is 3.90. The Labute approximate surface area is 112 Å². The van der Waals surface area contributed by atoms with E-state index in [1.54, 1.807) is 0 Å². The van der Waals surface area contributed by atoms with E-state index in [0.717, 1.165) is 38.0 Å². The van der Waals surface area contributed by atoms with Crippen LogP contribution in [0.2, 0.25) is 0 Å². The summed E-state index contributed by atoms with van der Waals surface area (Å²) in [5, 5.41) is 0. The smallest absolute Gasteiger partial charge is 0.0686 e. The van der Waals surface area contributed by atoms with Gasteiger partial charge in [0.1, 0.15) is 0 Å². The maximum atomic E-state index is 6.08. The SMILES string of the molecule is C=N/C(=C\C=C/C)C1CCOC(CC)(CCC)C1. The molecule has 102 valence electrons. The van der Waals surface area contributed by atoms with Crippen LogP contribution in [-0.4, -0.2) is 18.9 Å². The maximum absolute atomic E-state index is 6.08. The summed E-state index contributed by atoms with van der Waals surface area (Å²) in [4.78, 5) is 4.21. The highest BCUT2D eigenvalue weighted by molar-refractivity contribution is 5.31. The zero-order valence-electron chi connectivity index (χ0n) is 12.1. The number of ether oxygens (including phenoxy) is 1. The molecule has 1 aliphatic heterocycles. The Bertz CT molecular complexity index is 315. The lowest BCUT2D eigenvalue weighted by atomic mass is 9.80. The molecule has 2 nitrogen and oxygen atoms in total. The quantitative estimate of drug-likeness (QED) is 0.501. The second kappa shape index (κ2) is 7.52. The van der Waals surface area contributed by atoms with Crippen LogP contribution < -0.4 is 0 Å². The van der Waals surface area contributed by atoms with Gasteiger partial charge in [0, 0.05) is 18.2 Å². The molecule has 0 aromatic rings. The van der Waals surface area contributed by atoms with Gasteiger partial charge in [0.25, 0.3) is 0 Å². The van der Waals surface area contributed by atoms with Gasteiger partial charge in [-0.25, -0.2) is 0 Å². The van der Waals surface area contributed by atoms with E-state index in [0.29, 0.717) is 5.92 Å². The highest BCUT2D eigenvalue weighted by atomic mass is 16.5. The minimum atomic E-state index is 0.0668. The lowest BCUT2D eigenvalue weighted by molar-refractivity contribution is -0.0996. The minimum Gasteiger partial charge on any atom is -0.375 e. The number of hydrogen-bond donors (Lipinski definition) is 0. The summed E-state index contributed by atoms with van der Waals surface area (Å²) in [5.41, 5.74) is 1.18. The van der Waals surface area contributed by atoms with Gasteiger partial charge in [0.05, 0.1) is 5.60 Å². The maximum Gasteiger partial charge on any atom is 0.0686 e. The number of nitrogens with zero attached hydrogens (tertiary/aromatic N) is 1. The van der Waals surface area contributed by atoms with E-state index in [1.807, 2.05) is 19.1 Å². The van der Waals surface area contributed by atoms with Gasteiger partial charge in [-0.3, -0.25) is 4.99 Å². The molecule has 0 bridgehead atoms. The molecule has 0 aliphatic carbocycles. The molecule has 0 amide bonds. The predicted octanol–water partition coefficient (Wildman–Crippen LogP) is 4.52. The third kappa shape index (κ3) is 3.81. The third-order valence-corrected chi connectivity index (χ3v) is 3.90. The average molecular weight is 249 g/mol. The summed E-state index contributed by atoms with van der Waals surface area (Å²) in [7, 11) is 0. The second-order valence-electron chi connectivity index (χ2n) is 5.10. The fourth-order valence-electron chi connectivity index (χ4n) is 2.85. The molecule has 2 unspecified atom stereocenters. The van der Waals surface area contributed by atoms with Crippen LogP contribution in [0.15, 0.2) is 28.9 Å². The lowest BCUT2D eigenvalue weighted by Gasteiger charge is -2.40. The van der Waals surface area contributed by atoms with Crippen LogP contribution in [0, 0.1) is 5.92 Å². The molecular weight excluding hydrogens is 222 g/mol. The minimum absolute atomic E-state index is 0.0668. The fraction of sp³-hybridized carbons (Fsp3) is 0.688. The summed E-state index contributed by atoms with van der Waals surface area (Å²) >= 11 is 0. The molecular formula is C16H27NO. The van der Waals surface area contributed by atoms with Crippen molar-refractivity contribution in [2.45, 2.75) is 58.5 Å². The number of aliphatic imine (C=N–C) groups is 1. The Kier molecular flexibility index (Phi) is 6.34. The fourth-order valence-corrected chi connectivity index (χ4v) is 2.85. The van der Waals surface area contributed by atoms with Crippen molar-refractivity contribution in [1.82, 2.24) is 0 Å². The molecule has 0 spiro atoms. The predicted molar refractivity (Wildman–Crippen MR) is 79.1 cm³/mol. The molecule has 18 heavy (non-hydrogen) atoms. The highest BCUT2D eigenvalue weighted by Crippen LogP contribution is 2.38. The lowest BCUT2D eigenvalue weighted by Crippen LogP contribution is -2.39. The molecule has 1 rings (SSSR count). The second-order valence-corrected chi connectivity index (χ2v) is 5.10. The molecule has 2 atom stereocenters. The van der Waals surface area contributed by atoms with Crippen molar-refractivity contribution < 1.29 is 4.74 Å². The van der Waals surface area contributed by atoms with Crippen LogP contribution in [0.4, 0.5) is 0 Å². The normalized spacial score (nSPS) is 29.7. The molecule has 0 saturated carbocycles. The topological polar surface area (TPSA) is 21.6 Å². The summed E-state index contributed by atoms with van der Waals surface area (Å²) in [6.45, 7) is 11.0. The van der Waals surface area contributed by atoms with Gasteiger partial charge in [0.2, 0.25) is 0 Å². The van der Waals surface area contributed by atoms with Crippen molar-refractivity contribution in [3.05, 3.63) is 23.9 Å². The summed E-state index contributed by atoms with van der Waals surface area (Å²) in [5.74, 6) is 0.499. The van der Waals surface area contributed by atoms with Crippen LogP contribution in [-0.2, 0) is 4.74 Å². The number of allylic oxidation sites excluding steroid dienone is 4. The van der Waals surface area contributed by atoms with E-state index in [-0.39, 0.29) is 5.60 Å². The Balaban J connectivity index is 2.81. The highest BCUT2D eigenvalue weighted by Gasteiger charge is 2.36. The standard InChI is InChI=1S/C16H27NO/c1-5-8-9-15(17-4)14-10-12-18-16(7-3,13-14)11-6-2/h5,8-9,14H,4,6-7,10-13H2,1-3H3/b8-5-,15-9-. The van der Waals surface area contributed by atoms with Gasteiger partial charge >= 0.3 is 0 Å². The Morgan fingerprint density at radius 2 is 2.28 bits per heavy atom. The summed E-state index contributed by atoms with van der Waals surface area (Å²) in [6, 6.07) is 0. The first-order valence-electron chi connectivity index (χ1n) is 7.15. The van der Waals surface area contributed by atoms with Crippen molar-refractivity contribution >= 4 is 6.72 Å². The molecule has 0 N–H and O–H groups in total. The van der Waals surface area contributed by atoms with Gasteiger partial charge in [-0.2, -0.15) is 0 Å². The first kappa shape index (κ1) is 15.2. The summed E-state index contributed by atoms with van der Waals surface area (Å²) < 4.78 is 6.08. The molecule has 1 aliphatic rings. The zero-order valence-corrected chi connectivity index (χ0v) is 12.1. The van der Waals surface area contributed by atoms with Crippen molar-refractivity contribution in [3.63, 3.8) is 0 Å². The molecule has 1 saturated heterocycles. The van der Waals surface area contributed by atoms with Gasteiger partial charge in [0.15, 0.2) is 0 Å². The van der Waals surface area contributed by atoms with E-state index in [4.69, 9.17) is 4.74 Å². The molecule has 0 radical (unpaired) electrons. The van der Waals surface area contributed by atoms with E-state index in [2.05, 4.69) is 31.6 Å². The van der Waals surface area contributed by atoms with Crippen molar-refractivity contribution in [2.24, 2.45) is 10.9 Å². The van der Waals surface area contributed by atoms with Gasteiger partial charge in [-0.15, -0.1) is 0 Å². The monoisotopic (exact) mass is 249 g/mol. The average Bonchev–Trinajstić information content (AvgIpc) is 2.40. The van der Waals surface area contributed by atoms with E-state index in [1.165, 1.54) is 6.42 Å². The van der Waals surface area contributed by atoms with Gasteiger partial charge < -0.3 is 4.74 Å². The molecule has 1 heterocycles. The number of rotatable bonds is 6. The Morgan fingerprint density at radius 3 is 2.83 bits per heavy atom. The Hall–Kier alpha value is -0.890. The van der Waals surface area contributed by atoms with Crippen LogP contribution in [0.5, 0.6) is 0 Å². The van der Waals surface area contributed by atoms with Crippen molar-refractivity contribution in [1.29, 1.82) is 0 Å². The zero-order chi connectivity index (χ0) is 13.4. The van der Waals surface area contributed by atoms with Gasteiger partial charge in [-0.1, -0.05) is 32.4 Å². The van der Waals surface area contributed by atoms with E-state index in [9.17, 15) is 0 Å². The van der Waals surface area contributed by atoms with Crippen LogP contribution >= 0.6 is 0 Å². The molecule has 0 aromatic carbocycles. The van der Waals surface area contributed by atoms with Crippen LogP contribution in [0.3, 0.4) is 0 Å². The Morgan fingerprint density at radius 1 is 1.50 bits per heavy atom. The molecule has 2 heteroatoms. The first-order valence-corrected chi connectivity index (χ1v) is 7.15. The number of hydrogen-bond acceptors (Lipinski definition) is 2. The largest absolute Gasteiger partial charge is 0.375 e. The van der Waals surface area contributed by atoms with E-state index < -0.39 is 0 Å². The van der Waals surface area contributed by atoms with E-state index >= 15 is 0 Å².